The summed E-state index contributed by atoms with van der Waals surface area (Å²) < 4.78 is 5.45. The van der Waals surface area contributed by atoms with E-state index in [9.17, 15) is 24.6 Å². The van der Waals surface area contributed by atoms with Gasteiger partial charge in [0.1, 0.15) is 29.2 Å². The summed E-state index contributed by atoms with van der Waals surface area (Å²) in [7, 11) is 0. The monoisotopic (exact) mass is 555 g/mol. The van der Waals surface area contributed by atoms with E-state index < -0.39 is 29.7 Å². The molecule has 9 nitrogen and oxygen atoms in total. The molecule has 3 amide bonds. The molecular formula is C31H45N3O6. The van der Waals surface area contributed by atoms with Crippen LogP contribution in [0, 0.1) is 6.92 Å². The third-order valence-corrected chi connectivity index (χ3v) is 6.32. The number of carbonyl (C=O) groups is 3. The van der Waals surface area contributed by atoms with E-state index in [0.717, 1.165) is 12.8 Å². The van der Waals surface area contributed by atoms with Crippen LogP contribution in [0.2, 0.25) is 0 Å². The molecule has 0 fully saturated rings. The highest BCUT2D eigenvalue weighted by Gasteiger charge is 2.36. The minimum Gasteiger partial charge on any atom is -0.508 e. The number of aryl methyl sites for hydroxylation is 1. The molecule has 2 rings (SSSR count). The van der Waals surface area contributed by atoms with Gasteiger partial charge in [0.2, 0.25) is 11.8 Å². The van der Waals surface area contributed by atoms with Crippen LogP contribution in [-0.2, 0) is 20.7 Å². The van der Waals surface area contributed by atoms with Gasteiger partial charge in [-0.2, -0.15) is 0 Å². The van der Waals surface area contributed by atoms with E-state index in [-0.39, 0.29) is 36.4 Å². The highest BCUT2D eigenvalue weighted by molar-refractivity contribution is 5.92. The lowest BCUT2D eigenvalue weighted by Crippen LogP contribution is -2.54. The smallest absolute Gasteiger partial charge is 0.408 e. The van der Waals surface area contributed by atoms with E-state index in [0.29, 0.717) is 23.1 Å². The Balaban J connectivity index is 2.55. The number of rotatable bonds is 12. The first-order valence-corrected chi connectivity index (χ1v) is 13.9. The van der Waals surface area contributed by atoms with Gasteiger partial charge >= 0.3 is 6.09 Å². The lowest BCUT2D eigenvalue weighted by atomic mass is 9.98. The molecule has 0 aliphatic carbocycles. The minimum atomic E-state index is -1.05. The molecule has 220 valence electrons. The van der Waals surface area contributed by atoms with Gasteiger partial charge in [-0.25, -0.2) is 4.79 Å². The van der Waals surface area contributed by atoms with Gasteiger partial charge in [-0.05, 0) is 88.4 Å². The summed E-state index contributed by atoms with van der Waals surface area (Å²) in [5, 5.41) is 25.6. The number of amides is 3. The zero-order valence-corrected chi connectivity index (χ0v) is 24.8. The molecule has 2 aromatic carbocycles. The minimum absolute atomic E-state index is 0.0833. The maximum absolute atomic E-state index is 14.3. The molecule has 0 heterocycles. The maximum Gasteiger partial charge on any atom is 0.408 e. The second-order valence-electron chi connectivity index (χ2n) is 11.2. The number of phenols is 2. The third kappa shape index (κ3) is 9.77. The Morgan fingerprint density at radius 2 is 1.62 bits per heavy atom. The lowest BCUT2D eigenvalue weighted by Gasteiger charge is -2.35. The number of carbonyl (C=O) groups excluding carboxylic acids is 3. The number of hydrogen-bond acceptors (Lipinski definition) is 6. The summed E-state index contributed by atoms with van der Waals surface area (Å²) in [6.45, 7) is 13.1. The first kappa shape index (κ1) is 32.5. The third-order valence-electron chi connectivity index (χ3n) is 6.32. The molecule has 3 atom stereocenters. The fourth-order valence-electron chi connectivity index (χ4n) is 4.47. The second-order valence-corrected chi connectivity index (χ2v) is 11.2. The van der Waals surface area contributed by atoms with Crippen molar-refractivity contribution in [3.63, 3.8) is 0 Å². The number of nitrogens with one attached hydrogen (secondary N) is 2. The first-order chi connectivity index (χ1) is 18.7. The summed E-state index contributed by atoms with van der Waals surface area (Å²) in [4.78, 5) is 42.3. The normalized spacial score (nSPS) is 13.6. The van der Waals surface area contributed by atoms with Crippen molar-refractivity contribution in [1.82, 2.24) is 15.5 Å². The molecule has 3 unspecified atom stereocenters. The van der Waals surface area contributed by atoms with E-state index in [4.69, 9.17) is 4.74 Å². The quantitative estimate of drug-likeness (QED) is 0.288. The molecular weight excluding hydrogens is 510 g/mol. The van der Waals surface area contributed by atoms with Gasteiger partial charge in [-0.3, -0.25) is 9.59 Å². The van der Waals surface area contributed by atoms with Crippen LogP contribution < -0.4 is 10.6 Å². The van der Waals surface area contributed by atoms with Crippen molar-refractivity contribution in [2.45, 2.75) is 97.9 Å². The van der Waals surface area contributed by atoms with Gasteiger partial charge in [0.25, 0.3) is 0 Å². The van der Waals surface area contributed by atoms with Crippen LogP contribution in [0.4, 0.5) is 4.79 Å². The van der Waals surface area contributed by atoms with Gasteiger partial charge in [0.15, 0.2) is 0 Å². The van der Waals surface area contributed by atoms with Crippen LogP contribution in [0.1, 0.15) is 83.5 Å². The Morgan fingerprint density at radius 3 is 2.17 bits per heavy atom. The molecule has 0 bridgehead atoms. The number of ether oxygens (including phenoxy) is 1. The lowest BCUT2D eigenvalue weighted by molar-refractivity contribution is -0.142. The van der Waals surface area contributed by atoms with Crippen LogP contribution in [0.15, 0.2) is 42.5 Å². The Hall–Kier alpha value is -3.75. The van der Waals surface area contributed by atoms with Gasteiger partial charge in [0.05, 0.1) is 0 Å². The van der Waals surface area contributed by atoms with E-state index in [1.165, 1.54) is 23.1 Å². The average molecular weight is 556 g/mol. The van der Waals surface area contributed by atoms with Crippen molar-refractivity contribution in [2.75, 3.05) is 6.54 Å². The number of nitrogens with zero attached hydrogens (tertiary/aromatic N) is 1. The van der Waals surface area contributed by atoms with E-state index in [2.05, 4.69) is 10.6 Å². The fraction of sp³-hybridized carbons (Fsp3) is 0.516. The second kappa shape index (κ2) is 14.6. The highest BCUT2D eigenvalue weighted by Crippen LogP contribution is 2.28. The largest absolute Gasteiger partial charge is 0.508 e. The van der Waals surface area contributed by atoms with Gasteiger partial charge in [-0.1, -0.05) is 38.5 Å². The molecule has 2 aromatic rings. The molecule has 0 aromatic heterocycles. The van der Waals surface area contributed by atoms with E-state index in [1.54, 1.807) is 52.0 Å². The molecule has 9 heteroatoms. The molecule has 0 saturated heterocycles. The topological polar surface area (TPSA) is 128 Å². The average Bonchev–Trinajstić information content (AvgIpc) is 2.85. The molecule has 4 N–H and O–H groups in total. The Kier molecular flexibility index (Phi) is 11.8. The van der Waals surface area contributed by atoms with Crippen LogP contribution in [0.5, 0.6) is 11.5 Å². The molecule has 0 saturated carbocycles. The number of aromatic hydroxyl groups is 2. The number of benzene rings is 2. The SMILES string of the molecule is CCCC(C)NC(=O)C(c1ccc(O)c(C)c1)N(CCC)C(=O)C(Cc1ccc(O)cc1)NC(=O)OC(C)(C)C. The van der Waals surface area contributed by atoms with Crippen molar-refractivity contribution >= 4 is 17.9 Å². The van der Waals surface area contributed by atoms with E-state index in [1.807, 2.05) is 20.8 Å². The summed E-state index contributed by atoms with van der Waals surface area (Å²) in [6.07, 6.45) is 1.59. The zero-order chi connectivity index (χ0) is 30.0. The Labute approximate surface area is 237 Å². The predicted octanol–water partition coefficient (Wildman–Crippen LogP) is 5.13. The van der Waals surface area contributed by atoms with Crippen LogP contribution in [0.3, 0.4) is 0 Å². The van der Waals surface area contributed by atoms with Crippen molar-refractivity contribution < 1.29 is 29.3 Å². The molecule has 0 aliphatic rings. The number of alkyl carbamates (subject to hydrolysis) is 1. The van der Waals surface area contributed by atoms with Crippen molar-refractivity contribution in [3.8, 4) is 11.5 Å². The summed E-state index contributed by atoms with van der Waals surface area (Å²) in [5.74, 6) is -0.615. The van der Waals surface area contributed by atoms with Gasteiger partial charge < -0.3 is 30.5 Å². The van der Waals surface area contributed by atoms with Crippen LogP contribution in [0.25, 0.3) is 0 Å². The standard InChI is InChI=1S/C31H45N3O6/c1-8-10-21(4)32-28(37)27(23-13-16-26(36)20(3)18-23)34(17-9-2)29(38)25(33-30(39)40-31(5,6)7)19-22-11-14-24(35)15-12-22/h11-16,18,21,25,27,35-36H,8-10,17,19H2,1-7H3,(H,32,37)(H,33,39). The van der Waals surface area contributed by atoms with E-state index >= 15 is 0 Å². The highest BCUT2D eigenvalue weighted by atomic mass is 16.6. The fourth-order valence-corrected chi connectivity index (χ4v) is 4.47. The zero-order valence-electron chi connectivity index (χ0n) is 24.8. The number of hydrogen-bond donors (Lipinski definition) is 4. The van der Waals surface area contributed by atoms with Crippen LogP contribution >= 0.6 is 0 Å². The first-order valence-electron chi connectivity index (χ1n) is 13.9. The van der Waals surface area contributed by atoms with Crippen LogP contribution in [-0.4, -0.2) is 57.3 Å². The molecule has 40 heavy (non-hydrogen) atoms. The summed E-state index contributed by atoms with van der Waals surface area (Å²) in [6, 6.07) is 9.09. The summed E-state index contributed by atoms with van der Waals surface area (Å²) >= 11 is 0. The predicted molar refractivity (Wildman–Crippen MR) is 155 cm³/mol. The Morgan fingerprint density at radius 1 is 0.975 bits per heavy atom. The molecule has 0 spiro atoms. The molecule has 0 aliphatic heterocycles. The molecule has 0 radical (unpaired) electrons. The van der Waals surface area contributed by atoms with Crippen molar-refractivity contribution in [1.29, 1.82) is 0 Å². The Bertz CT molecular complexity index is 1140. The maximum atomic E-state index is 14.3. The van der Waals surface area contributed by atoms with Crippen molar-refractivity contribution in [3.05, 3.63) is 59.2 Å². The van der Waals surface area contributed by atoms with Crippen molar-refractivity contribution in [2.24, 2.45) is 0 Å². The van der Waals surface area contributed by atoms with Gasteiger partial charge in [-0.15, -0.1) is 0 Å². The summed E-state index contributed by atoms with van der Waals surface area (Å²) in [5.41, 5.74) is 1.06. The van der Waals surface area contributed by atoms with Gasteiger partial charge in [0, 0.05) is 19.0 Å². The number of phenolic OH excluding ortho intramolecular Hbond substituents is 2.